The van der Waals surface area contributed by atoms with Gasteiger partial charge < -0.3 is 10.5 Å². The molecule has 0 radical (unpaired) electrons. The number of alkyl halides is 3. The Morgan fingerprint density at radius 1 is 1.29 bits per heavy atom. The van der Waals surface area contributed by atoms with E-state index in [1.807, 2.05) is 0 Å². The zero-order valence-electron chi connectivity index (χ0n) is 12.0. The lowest BCUT2D eigenvalue weighted by Crippen LogP contribution is -2.27. The minimum Gasteiger partial charge on any atom is -0.378 e. The van der Waals surface area contributed by atoms with Gasteiger partial charge in [0, 0.05) is 12.6 Å². The first-order valence-corrected chi connectivity index (χ1v) is 7.48. The molecule has 2 rings (SSSR count). The Balaban J connectivity index is 1.83. The summed E-state index contributed by atoms with van der Waals surface area (Å²) in [6.45, 7) is 0.813. The van der Waals surface area contributed by atoms with Gasteiger partial charge in [-0.2, -0.15) is 13.2 Å². The smallest absolute Gasteiger partial charge is 0.378 e. The quantitative estimate of drug-likeness (QED) is 0.894. The van der Waals surface area contributed by atoms with Gasteiger partial charge in [0.05, 0.1) is 11.7 Å². The molecule has 0 aliphatic carbocycles. The van der Waals surface area contributed by atoms with Crippen LogP contribution in [0, 0.1) is 0 Å². The summed E-state index contributed by atoms with van der Waals surface area (Å²) in [6, 6.07) is 5.29. The summed E-state index contributed by atoms with van der Waals surface area (Å²) in [5, 5.41) is 0. The molecule has 2 N–H and O–H groups in total. The van der Waals surface area contributed by atoms with E-state index in [9.17, 15) is 13.2 Å². The molecule has 118 valence electrons. The summed E-state index contributed by atoms with van der Waals surface area (Å²) in [4.78, 5) is 0. The van der Waals surface area contributed by atoms with Gasteiger partial charge in [0.15, 0.2) is 0 Å². The number of hydrogen-bond donors (Lipinski definition) is 1. The number of benzene rings is 1. The fraction of sp³-hybridized carbons (Fsp3) is 0.625. The first-order chi connectivity index (χ1) is 9.95. The first-order valence-electron chi connectivity index (χ1n) is 7.48. The molecule has 1 heterocycles. The number of halogens is 3. The van der Waals surface area contributed by atoms with Crippen LogP contribution in [-0.2, 0) is 17.3 Å². The van der Waals surface area contributed by atoms with Gasteiger partial charge in [0.1, 0.15) is 0 Å². The van der Waals surface area contributed by atoms with Crippen molar-refractivity contribution < 1.29 is 17.9 Å². The maximum atomic E-state index is 12.6. The minimum absolute atomic E-state index is 0.126. The van der Waals surface area contributed by atoms with Crippen molar-refractivity contribution in [3.05, 3.63) is 35.4 Å². The van der Waals surface area contributed by atoms with Crippen LogP contribution in [0.15, 0.2) is 24.3 Å². The van der Waals surface area contributed by atoms with Crippen LogP contribution in [0.25, 0.3) is 0 Å². The molecule has 1 fully saturated rings. The van der Waals surface area contributed by atoms with Crippen LogP contribution >= 0.6 is 0 Å². The van der Waals surface area contributed by atoms with E-state index in [2.05, 4.69) is 0 Å². The lowest BCUT2D eigenvalue weighted by molar-refractivity contribution is -0.137. The van der Waals surface area contributed by atoms with Crippen molar-refractivity contribution in [2.75, 3.05) is 6.61 Å². The number of ether oxygens (including phenoxy) is 1. The van der Waals surface area contributed by atoms with E-state index in [1.54, 1.807) is 6.07 Å². The lowest BCUT2D eigenvalue weighted by atomic mass is 9.97. The Labute approximate surface area is 123 Å². The summed E-state index contributed by atoms with van der Waals surface area (Å²) in [6.07, 6.45) is 1.48. The zero-order valence-corrected chi connectivity index (χ0v) is 12.0. The van der Waals surface area contributed by atoms with Gasteiger partial charge >= 0.3 is 6.18 Å². The molecular weight excluding hydrogens is 279 g/mol. The maximum Gasteiger partial charge on any atom is 0.416 e. The van der Waals surface area contributed by atoms with Gasteiger partial charge in [-0.3, -0.25) is 0 Å². The fourth-order valence-corrected chi connectivity index (χ4v) is 2.71. The third kappa shape index (κ3) is 5.32. The summed E-state index contributed by atoms with van der Waals surface area (Å²) in [5.74, 6) is 0. The van der Waals surface area contributed by atoms with Crippen molar-refractivity contribution in [2.45, 2.75) is 56.8 Å². The van der Waals surface area contributed by atoms with E-state index in [1.165, 1.54) is 18.6 Å². The second-order valence-electron chi connectivity index (χ2n) is 5.73. The molecule has 21 heavy (non-hydrogen) atoms. The van der Waals surface area contributed by atoms with Crippen molar-refractivity contribution in [3.8, 4) is 0 Å². The third-order valence-corrected chi connectivity index (χ3v) is 3.89. The SMILES string of the molecule is NC(CCC1CCCCO1)Cc1cccc(C(F)(F)F)c1. The van der Waals surface area contributed by atoms with E-state index in [0.717, 1.165) is 38.4 Å². The van der Waals surface area contributed by atoms with Crippen molar-refractivity contribution in [3.63, 3.8) is 0 Å². The summed E-state index contributed by atoms with van der Waals surface area (Å²) >= 11 is 0. The van der Waals surface area contributed by atoms with E-state index < -0.39 is 11.7 Å². The number of nitrogens with two attached hydrogens (primary N) is 1. The Hall–Kier alpha value is -1.07. The third-order valence-electron chi connectivity index (χ3n) is 3.89. The summed E-state index contributed by atoms with van der Waals surface area (Å²) in [7, 11) is 0. The summed E-state index contributed by atoms with van der Waals surface area (Å²) < 4.78 is 43.6. The van der Waals surface area contributed by atoms with Gasteiger partial charge in [-0.05, 0) is 50.2 Å². The fourth-order valence-electron chi connectivity index (χ4n) is 2.71. The second-order valence-corrected chi connectivity index (χ2v) is 5.73. The molecule has 1 aliphatic heterocycles. The van der Waals surface area contributed by atoms with E-state index in [4.69, 9.17) is 10.5 Å². The molecule has 0 aromatic heterocycles. The molecule has 2 nitrogen and oxygen atoms in total. The van der Waals surface area contributed by atoms with Crippen LogP contribution in [-0.4, -0.2) is 18.8 Å². The highest BCUT2D eigenvalue weighted by Crippen LogP contribution is 2.29. The van der Waals surface area contributed by atoms with Gasteiger partial charge in [-0.15, -0.1) is 0 Å². The zero-order chi connectivity index (χ0) is 15.3. The van der Waals surface area contributed by atoms with Crippen LogP contribution in [0.2, 0.25) is 0 Å². The Kier molecular flexibility index (Phi) is 5.65. The van der Waals surface area contributed by atoms with Crippen LogP contribution in [0.5, 0.6) is 0 Å². The molecule has 0 spiro atoms. The van der Waals surface area contributed by atoms with E-state index in [0.29, 0.717) is 12.0 Å². The monoisotopic (exact) mass is 301 g/mol. The molecule has 2 unspecified atom stereocenters. The van der Waals surface area contributed by atoms with Crippen LogP contribution in [0.3, 0.4) is 0 Å². The first kappa shape index (κ1) is 16.3. The second kappa shape index (κ2) is 7.27. The molecular formula is C16H22F3NO. The standard InChI is InChI=1S/C16H22F3NO/c17-16(18,19)13-5-3-4-12(10-13)11-14(20)7-8-15-6-1-2-9-21-15/h3-5,10,14-15H,1-2,6-9,11,20H2. The number of hydrogen-bond acceptors (Lipinski definition) is 2. The Bertz CT molecular complexity index is 441. The minimum atomic E-state index is -4.30. The van der Waals surface area contributed by atoms with Gasteiger partial charge in [-0.25, -0.2) is 0 Å². The molecule has 1 aromatic carbocycles. The Morgan fingerprint density at radius 2 is 2.10 bits per heavy atom. The molecule has 1 aromatic rings. The molecule has 0 bridgehead atoms. The van der Waals surface area contributed by atoms with Crippen molar-refractivity contribution in [1.29, 1.82) is 0 Å². The van der Waals surface area contributed by atoms with Crippen molar-refractivity contribution in [2.24, 2.45) is 5.73 Å². The van der Waals surface area contributed by atoms with Gasteiger partial charge in [0.25, 0.3) is 0 Å². The maximum absolute atomic E-state index is 12.6. The van der Waals surface area contributed by atoms with Crippen molar-refractivity contribution >= 4 is 0 Å². The van der Waals surface area contributed by atoms with Gasteiger partial charge in [-0.1, -0.05) is 18.2 Å². The van der Waals surface area contributed by atoms with Crippen LogP contribution < -0.4 is 5.73 Å². The molecule has 0 amide bonds. The van der Waals surface area contributed by atoms with Crippen molar-refractivity contribution in [1.82, 2.24) is 0 Å². The normalized spacial score (nSPS) is 21.2. The van der Waals surface area contributed by atoms with Crippen LogP contribution in [0.4, 0.5) is 13.2 Å². The number of rotatable bonds is 5. The van der Waals surface area contributed by atoms with Gasteiger partial charge in [0.2, 0.25) is 0 Å². The molecule has 5 heteroatoms. The predicted octanol–water partition coefficient (Wildman–Crippen LogP) is 3.92. The average Bonchev–Trinajstić information content (AvgIpc) is 2.46. The van der Waals surface area contributed by atoms with E-state index in [-0.39, 0.29) is 12.1 Å². The highest BCUT2D eigenvalue weighted by Gasteiger charge is 2.30. The van der Waals surface area contributed by atoms with Crippen LogP contribution in [0.1, 0.15) is 43.2 Å². The Morgan fingerprint density at radius 3 is 2.76 bits per heavy atom. The lowest BCUT2D eigenvalue weighted by Gasteiger charge is -2.23. The highest BCUT2D eigenvalue weighted by atomic mass is 19.4. The largest absolute Gasteiger partial charge is 0.416 e. The van der Waals surface area contributed by atoms with E-state index >= 15 is 0 Å². The topological polar surface area (TPSA) is 35.2 Å². The molecule has 2 atom stereocenters. The molecule has 1 saturated heterocycles. The highest BCUT2D eigenvalue weighted by molar-refractivity contribution is 5.26. The molecule has 0 saturated carbocycles. The molecule has 1 aliphatic rings. The predicted molar refractivity (Wildman–Crippen MR) is 75.9 cm³/mol. The average molecular weight is 301 g/mol. The summed E-state index contributed by atoms with van der Waals surface area (Å²) in [5.41, 5.74) is 6.08.